The van der Waals surface area contributed by atoms with Gasteiger partial charge in [0, 0.05) is 26.2 Å². The summed E-state index contributed by atoms with van der Waals surface area (Å²) in [5.41, 5.74) is 0.0971. The lowest BCUT2D eigenvalue weighted by Gasteiger charge is -2.38. The first-order chi connectivity index (χ1) is 10.8. The lowest BCUT2D eigenvalue weighted by atomic mass is 9.68. The number of nitrogens with one attached hydrogen (secondary N) is 2. The summed E-state index contributed by atoms with van der Waals surface area (Å²) in [7, 11) is 0. The number of likely N-dealkylation sites (tertiary alicyclic amines) is 1. The van der Waals surface area contributed by atoms with Crippen LogP contribution in [-0.2, 0) is 4.74 Å². The van der Waals surface area contributed by atoms with E-state index in [4.69, 9.17) is 4.74 Å². The molecule has 6 nitrogen and oxygen atoms in total. The van der Waals surface area contributed by atoms with E-state index in [9.17, 15) is 4.79 Å². The second kappa shape index (κ2) is 7.41. The summed E-state index contributed by atoms with van der Waals surface area (Å²) in [6, 6.07) is 0. The molecule has 0 atom stereocenters. The van der Waals surface area contributed by atoms with Crippen molar-refractivity contribution in [2.24, 2.45) is 10.4 Å². The Labute approximate surface area is 140 Å². The average molecular weight is 324 g/mol. The first-order valence-electron chi connectivity index (χ1n) is 8.84. The standard InChI is InChI=1S/C17H32N4O2/c1-5-18-14(21-12-9-17(13-21)7-6-8-17)19-10-11-20-15(22)23-16(2,3)4/h5-13H2,1-4H3,(H,18,19)(H,20,22). The summed E-state index contributed by atoms with van der Waals surface area (Å²) in [4.78, 5) is 18.6. The van der Waals surface area contributed by atoms with Crippen LogP contribution in [0.2, 0.25) is 0 Å². The van der Waals surface area contributed by atoms with Gasteiger partial charge in [-0.05, 0) is 52.4 Å². The molecule has 1 amide bonds. The molecule has 1 heterocycles. The van der Waals surface area contributed by atoms with Crippen LogP contribution in [0.3, 0.4) is 0 Å². The Morgan fingerprint density at radius 3 is 2.52 bits per heavy atom. The highest BCUT2D eigenvalue weighted by Crippen LogP contribution is 2.47. The van der Waals surface area contributed by atoms with E-state index < -0.39 is 5.60 Å². The fourth-order valence-corrected chi connectivity index (χ4v) is 3.26. The highest BCUT2D eigenvalue weighted by molar-refractivity contribution is 5.80. The maximum atomic E-state index is 11.6. The number of hydrogen-bond acceptors (Lipinski definition) is 3. The fourth-order valence-electron chi connectivity index (χ4n) is 3.26. The number of guanidine groups is 1. The molecule has 1 aliphatic carbocycles. The lowest BCUT2D eigenvalue weighted by molar-refractivity contribution is 0.0529. The molecule has 2 N–H and O–H groups in total. The molecule has 0 bridgehead atoms. The first-order valence-corrected chi connectivity index (χ1v) is 8.84. The Hall–Kier alpha value is -1.46. The topological polar surface area (TPSA) is 66.0 Å². The van der Waals surface area contributed by atoms with Crippen LogP contribution < -0.4 is 10.6 Å². The summed E-state index contributed by atoms with van der Waals surface area (Å²) >= 11 is 0. The molecule has 2 fully saturated rings. The quantitative estimate of drug-likeness (QED) is 0.473. The predicted molar refractivity (Wildman–Crippen MR) is 92.7 cm³/mol. The largest absolute Gasteiger partial charge is 0.444 e. The van der Waals surface area contributed by atoms with Crippen molar-refractivity contribution in [2.75, 3.05) is 32.7 Å². The molecular formula is C17H32N4O2. The van der Waals surface area contributed by atoms with Gasteiger partial charge in [-0.3, -0.25) is 4.99 Å². The summed E-state index contributed by atoms with van der Waals surface area (Å²) in [6.07, 6.45) is 5.01. The van der Waals surface area contributed by atoms with Gasteiger partial charge in [0.05, 0.1) is 6.54 Å². The first kappa shape index (κ1) is 17.9. The number of aliphatic imine (C=N–C) groups is 1. The number of rotatable bonds is 4. The van der Waals surface area contributed by atoms with Crippen LogP contribution in [0.5, 0.6) is 0 Å². The smallest absolute Gasteiger partial charge is 0.407 e. The highest BCUT2D eigenvalue weighted by atomic mass is 16.6. The number of alkyl carbamates (subject to hydrolysis) is 1. The zero-order valence-electron chi connectivity index (χ0n) is 15.1. The van der Waals surface area contributed by atoms with Crippen molar-refractivity contribution >= 4 is 12.1 Å². The summed E-state index contributed by atoms with van der Waals surface area (Å²) in [6.45, 7) is 11.8. The molecule has 0 radical (unpaired) electrons. The Bertz CT molecular complexity index is 438. The maximum absolute atomic E-state index is 11.6. The molecule has 1 saturated carbocycles. The minimum atomic E-state index is -0.463. The van der Waals surface area contributed by atoms with Crippen molar-refractivity contribution in [1.82, 2.24) is 15.5 Å². The van der Waals surface area contributed by atoms with E-state index in [0.29, 0.717) is 18.5 Å². The third-order valence-corrected chi connectivity index (χ3v) is 4.53. The lowest BCUT2D eigenvalue weighted by Crippen LogP contribution is -2.43. The second-order valence-electron chi connectivity index (χ2n) is 7.69. The third-order valence-electron chi connectivity index (χ3n) is 4.53. The van der Waals surface area contributed by atoms with Crippen molar-refractivity contribution in [3.8, 4) is 0 Å². The van der Waals surface area contributed by atoms with Crippen LogP contribution in [0.1, 0.15) is 53.4 Å². The minimum Gasteiger partial charge on any atom is -0.444 e. The van der Waals surface area contributed by atoms with Crippen LogP contribution in [0.4, 0.5) is 4.79 Å². The van der Waals surface area contributed by atoms with Gasteiger partial charge in [0.15, 0.2) is 5.96 Å². The van der Waals surface area contributed by atoms with E-state index in [1.165, 1.54) is 25.7 Å². The van der Waals surface area contributed by atoms with Gasteiger partial charge in [0.25, 0.3) is 0 Å². The van der Waals surface area contributed by atoms with Gasteiger partial charge in [0.2, 0.25) is 0 Å². The minimum absolute atomic E-state index is 0.382. The normalized spacial score (nSPS) is 20.3. The summed E-state index contributed by atoms with van der Waals surface area (Å²) in [5.74, 6) is 0.974. The fraction of sp³-hybridized carbons (Fsp3) is 0.882. The van der Waals surface area contributed by atoms with Crippen molar-refractivity contribution < 1.29 is 9.53 Å². The Balaban J connectivity index is 1.77. The van der Waals surface area contributed by atoms with E-state index in [2.05, 4.69) is 27.4 Å². The zero-order chi connectivity index (χ0) is 16.9. The van der Waals surface area contributed by atoms with E-state index in [-0.39, 0.29) is 6.09 Å². The molecule has 0 unspecified atom stereocenters. The Kier molecular flexibility index (Phi) is 5.76. The third kappa shape index (κ3) is 5.29. The molecule has 132 valence electrons. The van der Waals surface area contributed by atoms with Crippen molar-refractivity contribution in [3.05, 3.63) is 0 Å². The van der Waals surface area contributed by atoms with Crippen molar-refractivity contribution in [1.29, 1.82) is 0 Å². The monoisotopic (exact) mass is 324 g/mol. The summed E-state index contributed by atoms with van der Waals surface area (Å²) < 4.78 is 5.22. The van der Waals surface area contributed by atoms with Crippen LogP contribution >= 0.6 is 0 Å². The van der Waals surface area contributed by atoms with Crippen LogP contribution in [0.25, 0.3) is 0 Å². The molecule has 2 aliphatic rings. The van der Waals surface area contributed by atoms with Gasteiger partial charge in [-0.2, -0.15) is 0 Å². The van der Waals surface area contributed by atoms with Crippen molar-refractivity contribution in [2.45, 2.75) is 59.0 Å². The number of hydrogen-bond donors (Lipinski definition) is 2. The molecule has 6 heteroatoms. The predicted octanol–water partition coefficient (Wildman–Crippen LogP) is 2.35. The van der Waals surface area contributed by atoms with Crippen LogP contribution in [-0.4, -0.2) is 55.3 Å². The zero-order valence-corrected chi connectivity index (χ0v) is 15.1. The molecule has 0 aromatic carbocycles. The molecule has 1 aliphatic heterocycles. The van der Waals surface area contributed by atoms with Gasteiger partial charge in [-0.1, -0.05) is 6.42 Å². The number of carbonyl (C=O) groups excluding carboxylic acids is 1. The van der Waals surface area contributed by atoms with Gasteiger partial charge in [0.1, 0.15) is 5.60 Å². The number of ether oxygens (including phenoxy) is 1. The van der Waals surface area contributed by atoms with E-state index in [1.807, 2.05) is 20.8 Å². The second-order valence-corrected chi connectivity index (χ2v) is 7.69. The molecular weight excluding hydrogens is 292 g/mol. The summed E-state index contributed by atoms with van der Waals surface area (Å²) in [5, 5.41) is 6.12. The highest BCUT2D eigenvalue weighted by Gasteiger charge is 2.43. The average Bonchev–Trinajstić information content (AvgIpc) is 2.85. The van der Waals surface area contributed by atoms with Crippen LogP contribution in [0.15, 0.2) is 4.99 Å². The molecule has 2 rings (SSSR count). The molecule has 23 heavy (non-hydrogen) atoms. The molecule has 1 saturated heterocycles. The SMILES string of the molecule is CCNC(=NCCNC(=O)OC(C)(C)C)N1CCC2(CCC2)C1. The van der Waals surface area contributed by atoms with Gasteiger partial charge in [-0.25, -0.2) is 4.79 Å². The number of amides is 1. The van der Waals surface area contributed by atoms with Crippen molar-refractivity contribution in [3.63, 3.8) is 0 Å². The molecule has 0 aromatic heterocycles. The van der Waals surface area contributed by atoms with E-state index in [0.717, 1.165) is 25.6 Å². The van der Waals surface area contributed by atoms with Gasteiger partial charge < -0.3 is 20.3 Å². The number of carbonyl (C=O) groups is 1. The van der Waals surface area contributed by atoms with E-state index >= 15 is 0 Å². The van der Waals surface area contributed by atoms with Crippen LogP contribution in [0, 0.1) is 5.41 Å². The number of nitrogens with zero attached hydrogens (tertiary/aromatic N) is 2. The van der Waals surface area contributed by atoms with Gasteiger partial charge in [-0.15, -0.1) is 0 Å². The molecule has 0 aromatic rings. The maximum Gasteiger partial charge on any atom is 0.407 e. The Morgan fingerprint density at radius 2 is 2.00 bits per heavy atom. The molecule has 1 spiro atoms. The Morgan fingerprint density at radius 1 is 1.26 bits per heavy atom. The van der Waals surface area contributed by atoms with Gasteiger partial charge >= 0.3 is 6.09 Å². The van der Waals surface area contributed by atoms with E-state index in [1.54, 1.807) is 0 Å².